The molecule has 1 saturated heterocycles. The van der Waals surface area contributed by atoms with Crippen LogP contribution in [0.4, 0.5) is 0 Å². The van der Waals surface area contributed by atoms with Crippen molar-refractivity contribution >= 4 is 5.91 Å². The van der Waals surface area contributed by atoms with Crippen molar-refractivity contribution in [1.29, 1.82) is 0 Å². The van der Waals surface area contributed by atoms with Gasteiger partial charge in [-0.2, -0.15) is 5.10 Å². The molecule has 0 spiro atoms. The van der Waals surface area contributed by atoms with Crippen molar-refractivity contribution in [3.8, 4) is 11.5 Å². The lowest BCUT2D eigenvalue weighted by Gasteiger charge is -2.25. The summed E-state index contributed by atoms with van der Waals surface area (Å²) in [6.07, 6.45) is 9.00. The van der Waals surface area contributed by atoms with E-state index in [1.165, 1.54) is 0 Å². The molecule has 0 saturated carbocycles. The van der Waals surface area contributed by atoms with Crippen molar-refractivity contribution in [1.82, 2.24) is 19.7 Å². The fraction of sp³-hybridized carbons (Fsp3) is 0.250. The van der Waals surface area contributed by atoms with Gasteiger partial charge in [0.05, 0.1) is 24.3 Å². The van der Waals surface area contributed by atoms with E-state index < -0.39 is 0 Å². The number of aromatic nitrogens is 3. The molecule has 0 bridgehead atoms. The molecule has 0 radical (unpaired) electrons. The van der Waals surface area contributed by atoms with E-state index in [2.05, 4.69) is 10.1 Å². The molecule has 1 atom stereocenters. The first-order chi connectivity index (χ1) is 12.8. The van der Waals surface area contributed by atoms with E-state index in [0.717, 1.165) is 19.4 Å². The number of nitrogens with zero attached hydrogens (tertiary/aromatic N) is 4. The molecule has 1 aromatic carbocycles. The van der Waals surface area contributed by atoms with E-state index in [1.54, 1.807) is 24.7 Å². The van der Waals surface area contributed by atoms with Crippen LogP contribution in [0.1, 0.15) is 23.2 Å². The predicted octanol–water partition coefficient (Wildman–Crippen LogP) is 3.38. The van der Waals surface area contributed by atoms with Crippen LogP contribution in [0.2, 0.25) is 0 Å². The van der Waals surface area contributed by atoms with Gasteiger partial charge in [0, 0.05) is 25.1 Å². The van der Waals surface area contributed by atoms with Crippen molar-refractivity contribution in [2.75, 3.05) is 6.54 Å². The van der Waals surface area contributed by atoms with E-state index in [1.807, 2.05) is 52.2 Å². The van der Waals surface area contributed by atoms with Gasteiger partial charge in [0.25, 0.3) is 5.91 Å². The number of hydrogen-bond acceptors (Lipinski definition) is 4. The minimum Gasteiger partial charge on any atom is -0.455 e. The number of ether oxygens (including phenoxy) is 1. The van der Waals surface area contributed by atoms with Crippen molar-refractivity contribution < 1.29 is 9.53 Å². The summed E-state index contributed by atoms with van der Waals surface area (Å²) in [6.45, 7) is 1.47. The third-order valence-electron chi connectivity index (χ3n) is 4.57. The number of pyridine rings is 1. The molecule has 0 unspecified atom stereocenters. The second kappa shape index (κ2) is 7.39. The van der Waals surface area contributed by atoms with Crippen LogP contribution >= 0.6 is 0 Å². The predicted molar refractivity (Wildman–Crippen MR) is 97.0 cm³/mol. The average Bonchev–Trinajstić information content (AvgIpc) is 3.35. The van der Waals surface area contributed by atoms with Crippen LogP contribution in [-0.4, -0.2) is 38.2 Å². The molecule has 0 aliphatic carbocycles. The van der Waals surface area contributed by atoms with Gasteiger partial charge in [-0.3, -0.25) is 14.5 Å². The topological polar surface area (TPSA) is 60.2 Å². The maximum Gasteiger partial charge on any atom is 0.257 e. The molecule has 26 heavy (non-hydrogen) atoms. The Balaban J connectivity index is 1.56. The number of likely N-dealkylation sites (tertiary alicyclic amines) is 1. The van der Waals surface area contributed by atoms with Crippen LogP contribution < -0.4 is 4.74 Å². The second-order valence-corrected chi connectivity index (χ2v) is 6.31. The Morgan fingerprint density at radius 3 is 2.88 bits per heavy atom. The lowest BCUT2D eigenvalue weighted by Crippen LogP contribution is -2.38. The Labute approximate surface area is 152 Å². The molecule has 1 amide bonds. The molecule has 1 fully saturated rings. The molecular formula is C20H20N4O2. The lowest BCUT2D eigenvalue weighted by atomic mass is 10.1. The lowest BCUT2D eigenvalue weighted by molar-refractivity contribution is 0.0719. The van der Waals surface area contributed by atoms with E-state index >= 15 is 0 Å². The SMILES string of the molecule is O=C(c1ccccc1Oc1cccnc1)N1CCC[C@H]1Cn1cccn1. The fourth-order valence-electron chi connectivity index (χ4n) is 3.34. The average molecular weight is 348 g/mol. The van der Waals surface area contributed by atoms with Crippen LogP contribution in [0.3, 0.4) is 0 Å². The zero-order valence-corrected chi connectivity index (χ0v) is 14.4. The van der Waals surface area contributed by atoms with Gasteiger partial charge in [-0.05, 0) is 43.2 Å². The Bertz CT molecular complexity index is 865. The van der Waals surface area contributed by atoms with Gasteiger partial charge in [-0.25, -0.2) is 0 Å². The summed E-state index contributed by atoms with van der Waals surface area (Å²) in [7, 11) is 0. The van der Waals surface area contributed by atoms with Crippen molar-refractivity contribution in [2.45, 2.75) is 25.4 Å². The minimum absolute atomic E-state index is 0.000790. The van der Waals surface area contributed by atoms with Gasteiger partial charge in [-0.1, -0.05) is 12.1 Å². The summed E-state index contributed by atoms with van der Waals surface area (Å²) in [5.74, 6) is 1.16. The standard InChI is InChI=1S/C20H20N4O2/c25-20(24-13-4-6-16(24)15-23-12-5-11-22-23)18-8-1-2-9-19(18)26-17-7-3-10-21-14-17/h1-3,5,7-12,14,16H,4,6,13,15H2/t16-/m0/s1. The molecule has 3 heterocycles. The molecular weight excluding hydrogens is 328 g/mol. The molecule has 3 aromatic rings. The van der Waals surface area contributed by atoms with Crippen LogP contribution in [0.15, 0.2) is 67.3 Å². The first-order valence-electron chi connectivity index (χ1n) is 8.76. The van der Waals surface area contributed by atoms with Crippen molar-refractivity contribution in [3.63, 3.8) is 0 Å². The van der Waals surface area contributed by atoms with Crippen LogP contribution in [0.25, 0.3) is 0 Å². The number of rotatable bonds is 5. The monoisotopic (exact) mass is 348 g/mol. The van der Waals surface area contributed by atoms with Crippen molar-refractivity contribution in [2.24, 2.45) is 0 Å². The summed E-state index contributed by atoms with van der Waals surface area (Å²) in [5.41, 5.74) is 0.573. The summed E-state index contributed by atoms with van der Waals surface area (Å²) in [6, 6.07) is 13.0. The van der Waals surface area contributed by atoms with E-state index in [9.17, 15) is 4.79 Å². The van der Waals surface area contributed by atoms with Crippen LogP contribution in [0, 0.1) is 0 Å². The van der Waals surface area contributed by atoms with Gasteiger partial charge in [-0.15, -0.1) is 0 Å². The number of carbonyl (C=O) groups is 1. The Morgan fingerprint density at radius 1 is 1.15 bits per heavy atom. The zero-order valence-electron chi connectivity index (χ0n) is 14.4. The number of hydrogen-bond donors (Lipinski definition) is 0. The van der Waals surface area contributed by atoms with Gasteiger partial charge in [0.15, 0.2) is 0 Å². The molecule has 6 heteroatoms. The first-order valence-corrected chi connectivity index (χ1v) is 8.76. The third kappa shape index (κ3) is 3.44. The zero-order chi connectivity index (χ0) is 17.8. The molecule has 1 aliphatic heterocycles. The van der Waals surface area contributed by atoms with Gasteiger partial charge >= 0.3 is 0 Å². The fourth-order valence-corrected chi connectivity index (χ4v) is 3.34. The van der Waals surface area contributed by atoms with Gasteiger partial charge in [0.1, 0.15) is 11.5 Å². The number of para-hydroxylation sites is 1. The molecule has 2 aromatic heterocycles. The molecule has 1 aliphatic rings. The molecule has 0 N–H and O–H groups in total. The van der Waals surface area contributed by atoms with Crippen LogP contribution in [0.5, 0.6) is 11.5 Å². The van der Waals surface area contributed by atoms with Crippen LogP contribution in [-0.2, 0) is 6.54 Å². The van der Waals surface area contributed by atoms with Gasteiger partial charge in [0.2, 0.25) is 0 Å². The summed E-state index contributed by atoms with van der Waals surface area (Å²) >= 11 is 0. The number of carbonyl (C=O) groups excluding carboxylic acids is 1. The summed E-state index contributed by atoms with van der Waals surface area (Å²) in [4.78, 5) is 19.2. The van der Waals surface area contributed by atoms with E-state index in [0.29, 0.717) is 23.6 Å². The maximum absolute atomic E-state index is 13.2. The second-order valence-electron chi connectivity index (χ2n) is 6.31. The Kier molecular flexibility index (Phi) is 4.64. The highest BCUT2D eigenvalue weighted by atomic mass is 16.5. The van der Waals surface area contributed by atoms with E-state index in [4.69, 9.17) is 4.74 Å². The highest BCUT2D eigenvalue weighted by molar-refractivity contribution is 5.97. The number of amides is 1. The smallest absolute Gasteiger partial charge is 0.257 e. The molecule has 4 rings (SSSR count). The highest BCUT2D eigenvalue weighted by Crippen LogP contribution is 2.28. The highest BCUT2D eigenvalue weighted by Gasteiger charge is 2.31. The largest absolute Gasteiger partial charge is 0.455 e. The first kappa shape index (κ1) is 16.3. The number of benzene rings is 1. The normalized spacial score (nSPS) is 16.6. The maximum atomic E-state index is 13.2. The van der Waals surface area contributed by atoms with Crippen molar-refractivity contribution in [3.05, 3.63) is 72.8 Å². The Hall–Kier alpha value is -3.15. The Morgan fingerprint density at radius 2 is 2.08 bits per heavy atom. The quantitative estimate of drug-likeness (QED) is 0.709. The third-order valence-corrected chi connectivity index (χ3v) is 4.57. The summed E-state index contributed by atoms with van der Waals surface area (Å²) < 4.78 is 7.79. The van der Waals surface area contributed by atoms with E-state index in [-0.39, 0.29) is 11.9 Å². The summed E-state index contributed by atoms with van der Waals surface area (Å²) in [5, 5.41) is 4.27. The molecule has 132 valence electrons. The molecule has 6 nitrogen and oxygen atoms in total. The minimum atomic E-state index is -0.000790. The van der Waals surface area contributed by atoms with Gasteiger partial charge < -0.3 is 9.64 Å².